The van der Waals surface area contributed by atoms with Gasteiger partial charge >= 0.3 is 5.97 Å². The van der Waals surface area contributed by atoms with Gasteiger partial charge in [0.2, 0.25) is 5.91 Å². The van der Waals surface area contributed by atoms with Gasteiger partial charge in [-0.15, -0.1) is 0 Å². The molecule has 4 rings (SSSR count). The predicted octanol–water partition coefficient (Wildman–Crippen LogP) is 5.07. The summed E-state index contributed by atoms with van der Waals surface area (Å²) in [5.41, 5.74) is 2.94. The molecule has 0 aliphatic carbocycles. The molecule has 3 aromatic rings. The third kappa shape index (κ3) is 3.99. The van der Waals surface area contributed by atoms with Crippen LogP contribution in [0.25, 0.3) is 11.1 Å². The molecule has 1 aliphatic heterocycles. The summed E-state index contributed by atoms with van der Waals surface area (Å²) in [6.45, 7) is 0.335. The average Bonchev–Trinajstić information content (AvgIpc) is 3.12. The van der Waals surface area contributed by atoms with Crippen LogP contribution in [0, 0.1) is 5.92 Å². The molecule has 1 saturated heterocycles. The Morgan fingerprint density at radius 1 is 0.893 bits per heavy atom. The van der Waals surface area contributed by atoms with Crippen molar-refractivity contribution in [1.29, 1.82) is 0 Å². The number of benzene rings is 3. The van der Waals surface area contributed by atoms with Crippen molar-refractivity contribution in [3.63, 3.8) is 0 Å². The van der Waals surface area contributed by atoms with E-state index in [4.69, 9.17) is 4.74 Å². The fourth-order valence-corrected chi connectivity index (χ4v) is 3.55. The molecule has 3 aromatic carbocycles. The quantitative estimate of drug-likeness (QED) is 0.424. The van der Waals surface area contributed by atoms with E-state index in [0.29, 0.717) is 12.3 Å². The second-order valence-corrected chi connectivity index (χ2v) is 7.61. The maximum Gasteiger partial charge on any atom is 0.316 e. The summed E-state index contributed by atoms with van der Waals surface area (Å²) in [4.78, 5) is 26.5. The van der Waals surface area contributed by atoms with Crippen molar-refractivity contribution in [2.45, 2.75) is 6.42 Å². The monoisotopic (exact) mass is 435 g/mol. The highest BCUT2D eigenvalue weighted by atomic mass is 79.9. The smallest absolute Gasteiger partial charge is 0.316 e. The highest BCUT2D eigenvalue weighted by Crippen LogP contribution is 2.28. The second kappa shape index (κ2) is 7.98. The molecular formula is C23H18BrNO3. The van der Waals surface area contributed by atoms with Crippen LogP contribution in [0.5, 0.6) is 5.75 Å². The first kappa shape index (κ1) is 18.4. The fourth-order valence-electron chi connectivity index (χ4n) is 3.28. The molecule has 0 spiro atoms. The topological polar surface area (TPSA) is 46.6 Å². The first-order valence-electron chi connectivity index (χ1n) is 9.03. The van der Waals surface area contributed by atoms with Crippen LogP contribution in [0.1, 0.15) is 6.42 Å². The van der Waals surface area contributed by atoms with Gasteiger partial charge in [0.1, 0.15) is 5.75 Å². The molecule has 1 amide bonds. The number of nitrogens with zero attached hydrogens (tertiary/aromatic N) is 1. The molecule has 0 saturated carbocycles. The normalized spacial score (nSPS) is 16.2. The van der Waals surface area contributed by atoms with Crippen LogP contribution in [0.3, 0.4) is 0 Å². The van der Waals surface area contributed by atoms with Gasteiger partial charge in [-0.2, -0.15) is 0 Å². The number of hydrogen-bond donors (Lipinski definition) is 0. The van der Waals surface area contributed by atoms with Crippen LogP contribution in [0.2, 0.25) is 0 Å². The summed E-state index contributed by atoms with van der Waals surface area (Å²) in [7, 11) is 0. The van der Waals surface area contributed by atoms with E-state index in [9.17, 15) is 9.59 Å². The third-order valence-corrected chi connectivity index (χ3v) is 5.31. The predicted molar refractivity (Wildman–Crippen MR) is 112 cm³/mol. The van der Waals surface area contributed by atoms with E-state index in [0.717, 1.165) is 21.3 Å². The first-order valence-corrected chi connectivity index (χ1v) is 9.82. The maximum absolute atomic E-state index is 12.5. The number of amides is 1. The Morgan fingerprint density at radius 3 is 2.21 bits per heavy atom. The lowest BCUT2D eigenvalue weighted by atomic mass is 10.1. The van der Waals surface area contributed by atoms with E-state index in [-0.39, 0.29) is 18.3 Å². The van der Waals surface area contributed by atoms with Crippen LogP contribution in [-0.4, -0.2) is 18.4 Å². The number of anilines is 1. The number of ether oxygens (including phenoxy) is 1. The van der Waals surface area contributed by atoms with Crippen LogP contribution < -0.4 is 9.64 Å². The Hall–Kier alpha value is -2.92. The van der Waals surface area contributed by atoms with Gasteiger partial charge in [-0.25, -0.2) is 0 Å². The van der Waals surface area contributed by atoms with Gasteiger partial charge in [-0.05, 0) is 47.5 Å². The molecule has 4 nitrogen and oxygen atoms in total. The largest absolute Gasteiger partial charge is 0.426 e. The van der Waals surface area contributed by atoms with Crippen LogP contribution in [0.4, 0.5) is 5.69 Å². The summed E-state index contributed by atoms with van der Waals surface area (Å²) in [5, 5.41) is 0. The standard InChI is InChI=1S/C23H18BrNO3/c24-19-8-10-20(11-9-19)25-15-18(14-22(25)26)23(27)28-21-12-6-17(7-13-21)16-4-2-1-3-5-16/h1-13,18H,14-15H2/t18-/m1/s1. The fraction of sp³-hybridized carbons (Fsp3) is 0.130. The van der Waals surface area contributed by atoms with Crippen molar-refractivity contribution in [1.82, 2.24) is 0 Å². The first-order chi connectivity index (χ1) is 13.6. The summed E-state index contributed by atoms with van der Waals surface area (Å²) in [6.07, 6.45) is 0.164. The van der Waals surface area contributed by atoms with Crippen molar-refractivity contribution in [2.24, 2.45) is 5.92 Å². The highest BCUT2D eigenvalue weighted by molar-refractivity contribution is 9.10. The number of carbonyl (C=O) groups is 2. The molecule has 0 unspecified atom stereocenters. The van der Waals surface area contributed by atoms with Gasteiger partial charge < -0.3 is 9.64 Å². The van der Waals surface area contributed by atoms with Crippen LogP contribution in [-0.2, 0) is 9.59 Å². The number of carbonyl (C=O) groups excluding carboxylic acids is 2. The van der Waals surface area contributed by atoms with Crippen molar-refractivity contribution in [3.05, 3.63) is 83.3 Å². The van der Waals surface area contributed by atoms with Gasteiger partial charge in [-0.3, -0.25) is 9.59 Å². The van der Waals surface area contributed by atoms with Crippen molar-refractivity contribution in [3.8, 4) is 16.9 Å². The Kier molecular flexibility index (Phi) is 5.26. The minimum atomic E-state index is -0.468. The molecule has 1 fully saturated rings. The van der Waals surface area contributed by atoms with Gasteiger partial charge in [0.15, 0.2) is 0 Å². The third-order valence-electron chi connectivity index (χ3n) is 4.78. The molecule has 0 N–H and O–H groups in total. The van der Waals surface area contributed by atoms with E-state index < -0.39 is 5.92 Å². The van der Waals surface area contributed by atoms with E-state index in [1.54, 1.807) is 17.0 Å². The number of hydrogen-bond acceptors (Lipinski definition) is 3. The average molecular weight is 436 g/mol. The van der Waals surface area contributed by atoms with E-state index in [1.165, 1.54) is 0 Å². The molecule has 1 atom stereocenters. The SMILES string of the molecule is O=C(Oc1ccc(-c2ccccc2)cc1)[C@@H]1CC(=O)N(c2ccc(Br)cc2)C1. The number of rotatable bonds is 4. The Balaban J connectivity index is 1.41. The molecule has 0 bridgehead atoms. The zero-order valence-corrected chi connectivity index (χ0v) is 16.6. The van der Waals surface area contributed by atoms with Crippen LogP contribution >= 0.6 is 15.9 Å². The van der Waals surface area contributed by atoms with Gasteiger partial charge in [0, 0.05) is 23.1 Å². The van der Waals surface area contributed by atoms with Crippen molar-refractivity contribution in [2.75, 3.05) is 11.4 Å². The van der Waals surface area contributed by atoms with E-state index in [2.05, 4.69) is 15.9 Å². The Bertz CT molecular complexity index is 985. The minimum absolute atomic E-state index is 0.0660. The minimum Gasteiger partial charge on any atom is -0.426 e. The molecule has 28 heavy (non-hydrogen) atoms. The lowest BCUT2D eigenvalue weighted by Crippen LogP contribution is -2.27. The van der Waals surface area contributed by atoms with Gasteiger partial charge in [0.25, 0.3) is 0 Å². The summed E-state index contributed by atoms with van der Waals surface area (Å²) in [5.74, 6) is -0.423. The van der Waals surface area contributed by atoms with Gasteiger partial charge in [-0.1, -0.05) is 58.4 Å². The number of halogens is 1. The molecule has 1 aliphatic rings. The lowest BCUT2D eigenvalue weighted by Gasteiger charge is -2.16. The molecule has 140 valence electrons. The summed E-state index contributed by atoms with van der Waals surface area (Å²) < 4.78 is 6.46. The van der Waals surface area contributed by atoms with E-state index >= 15 is 0 Å². The second-order valence-electron chi connectivity index (χ2n) is 6.69. The number of esters is 1. The molecular weight excluding hydrogens is 418 g/mol. The Morgan fingerprint density at radius 2 is 1.54 bits per heavy atom. The summed E-state index contributed by atoms with van der Waals surface area (Å²) >= 11 is 3.38. The maximum atomic E-state index is 12.5. The molecule has 1 heterocycles. The van der Waals surface area contributed by atoms with Crippen molar-refractivity contribution < 1.29 is 14.3 Å². The van der Waals surface area contributed by atoms with Crippen molar-refractivity contribution >= 4 is 33.5 Å². The lowest BCUT2D eigenvalue weighted by molar-refractivity contribution is -0.139. The van der Waals surface area contributed by atoms with E-state index in [1.807, 2.05) is 66.7 Å². The zero-order chi connectivity index (χ0) is 19.5. The highest BCUT2D eigenvalue weighted by Gasteiger charge is 2.36. The Labute approximate surface area is 171 Å². The molecule has 5 heteroatoms. The molecule has 0 aromatic heterocycles. The zero-order valence-electron chi connectivity index (χ0n) is 15.0. The van der Waals surface area contributed by atoms with Crippen LogP contribution in [0.15, 0.2) is 83.3 Å². The summed E-state index contributed by atoms with van der Waals surface area (Å²) in [6, 6.07) is 24.9. The van der Waals surface area contributed by atoms with Gasteiger partial charge in [0.05, 0.1) is 5.92 Å². The molecule has 0 radical (unpaired) electrons.